The van der Waals surface area contributed by atoms with Gasteiger partial charge in [0.25, 0.3) is 0 Å². The van der Waals surface area contributed by atoms with Crippen molar-refractivity contribution in [3.8, 4) is 17.0 Å². The molecule has 0 spiro atoms. The molecule has 2 heterocycles. The van der Waals surface area contributed by atoms with E-state index in [0.29, 0.717) is 0 Å². The van der Waals surface area contributed by atoms with Crippen molar-refractivity contribution in [1.29, 1.82) is 0 Å². The van der Waals surface area contributed by atoms with Crippen molar-refractivity contribution in [3.05, 3.63) is 64.8 Å². The van der Waals surface area contributed by atoms with Gasteiger partial charge in [-0.1, -0.05) is 23.8 Å². The van der Waals surface area contributed by atoms with E-state index < -0.39 is 0 Å². The van der Waals surface area contributed by atoms with E-state index in [0.717, 1.165) is 22.6 Å². The van der Waals surface area contributed by atoms with Crippen LogP contribution >= 0.6 is 0 Å². The molecule has 23 heavy (non-hydrogen) atoms. The summed E-state index contributed by atoms with van der Waals surface area (Å²) in [6.45, 7) is 6.24. The Morgan fingerprint density at radius 3 is 2.70 bits per heavy atom. The summed E-state index contributed by atoms with van der Waals surface area (Å²) in [5.41, 5.74) is 7.85. The Bertz CT molecular complexity index is 911. The van der Waals surface area contributed by atoms with E-state index in [1.165, 1.54) is 16.7 Å². The third-order valence-electron chi connectivity index (χ3n) is 4.33. The van der Waals surface area contributed by atoms with Crippen LogP contribution in [-0.4, -0.2) is 14.9 Å². The Hall–Kier alpha value is -2.75. The van der Waals surface area contributed by atoms with E-state index in [9.17, 15) is 5.11 Å². The minimum atomic E-state index is -0.125. The molecule has 4 heteroatoms. The van der Waals surface area contributed by atoms with Crippen LogP contribution in [0.5, 0.6) is 5.75 Å². The Kier molecular flexibility index (Phi) is 2.94. The third kappa shape index (κ3) is 2.18. The lowest BCUT2D eigenvalue weighted by molar-refractivity contribution is 0.472. The average Bonchev–Trinajstić information content (AvgIpc) is 2.88. The first kappa shape index (κ1) is 13.9. The van der Waals surface area contributed by atoms with Crippen LogP contribution in [0.15, 0.2) is 42.5 Å². The molecule has 4 rings (SSSR count). The molecule has 0 aliphatic carbocycles. The van der Waals surface area contributed by atoms with Crippen molar-refractivity contribution in [2.45, 2.75) is 26.9 Å². The van der Waals surface area contributed by atoms with Crippen molar-refractivity contribution >= 4 is 5.69 Å². The Morgan fingerprint density at radius 1 is 1.09 bits per heavy atom. The van der Waals surface area contributed by atoms with Crippen LogP contribution in [-0.2, 0) is 0 Å². The van der Waals surface area contributed by atoms with Crippen molar-refractivity contribution in [1.82, 2.24) is 9.78 Å². The lowest BCUT2D eigenvalue weighted by atomic mass is 9.98. The molecule has 1 atom stereocenters. The number of phenolic OH excluding ortho intramolecular Hbond substituents is 1. The number of aromatic hydroxyl groups is 1. The van der Waals surface area contributed by atoms with E-state index in [-0.39, 0.29) is 11.9 Å². The minimum absolute atomic E-state index is 0.125. The van der Waals surface area contributed by atoms with Gasteiger partial charge in [-0.3, -0.25) is 0 Å². The van der Waals surface area contributed by atoms with Gasteiger partial charge in [-0.15, -0.1) is 0 Å². The maximum absolute atomic E-state index is 9.83. The highest BCUT2D eigenvalue weighted by Gasteiger charge is 2.27. The Labute approximate surface area is 135 Å². The number of anilines is 1. The maximum Gasteiger partial charge on any atom is 0.147 e. The predicted molar refractivity (Wildman–Crippen MR) is 91.7 cm³/mol. The number of phenols is 1. The highest BCUT2D eigenvalue weighted by Crippen LogP contribution is 2.41. The van der Waals surface area contributed by atoms with Gasteiger partial charge >= 0.3 is 0 Å². The van der Waals surface area contributed by atoms with E-state index >= 15 is 0 Å². The molecule has 4 nitrogen and oxygen atoms in total. The molecule has 0 fully saturated rings. The van der Waals surface area contributed by atoms with Crippen molar-refractivity contribution in [2.24, 2.45) is 0 Å². The number of nitrogens with one attached hydrogen (secondary N) is 1. The fourth-order valence-electron chi connectivity index (χ4n) is 3.39. The monoisotopic (exact) mass is 305 g/mol. The summed E-state index contributed by atoms with van der Waals surface area (Å²) >= 11 is 0. The fraction of sp³-hybridized carbons (Fsp3) is 0.211. The lowest BCUT2D eigenvalue weighted by Gasteiger charge is -2.30. The topological polar surface area (TPSA) is 50.1 Å². The number of aromatic nitrogens is 2. The van der Waals surface area contributed by atoms with Crippen LogP contribution in [0.2, 0.25) is 0 Å². The second-order valence-electron chi connectivity index (χ2n) is 6.26. The number of benzene rings is 2. The molecule has 1 aromatic heterocycles. The fourth-order valence-corrected chi connectivity index (χ4v) is 3.39. The SMILES string of the molecule is Cc1cc(C)c2c(c1)-c1cc(C)nn1[C@H](c1cccc(O)c1)N2. The molecule has 1 aliphatic rings. The van der Waals surface area contributed by atoms with E-state index in [2.05, 4.69) is 42.5 Å². The molecule has 2 N–H and O–H groups in total. The summed E-state index contributed by atoms with van der Waals surface area (Å²) in [7, 11) is 0. The quantitative estimate of drug-likeness (QED) is 0.710. The highest BCUT2D eigenvalue weighted by molar-refractivity contribution is 5.81. The normalized spacial score (nSPS) is 15.7. The Balaban J connectivity index is 1.95. The van der Waals surface area contributed by atoms with Crippen LogP contribution in [0.25, 0.3) is 11.3 Å². The molecule has 0 radical (unpaired) electrons. The highest BCUT2D eigenvalue weighted by atomic mass is 16.3. The molecule has 0 unspecified atom stereocenters. The summed E-state index contributed by atoms with van der Waals surface area (Å²) in [6.07, 6.45) is -0.125. The molecule has 116 valence electrons. The van der Waals surface area contributed by atoms with Gasteiger partial charge in [0.05, 0.1) is 11.4 Å². The zero-order valence-corrected chi connectivity index (χ0v) is 13.5. The molecule has 0 bridgehead atoms. The zero-order valence-electron chi connectivity index (χ0n) is 13.5. The number of fused-ring (bicyclic) bond motifs is 3. The minimum Gasteiger partial charge on any atom is -0.508 e. The molecule has 0 saturated carbocycles. The van der Waals surface area contributed by atoms with Crippen molar-refractivity contribution < 1.29 is 5.11 Å². The van der Waals surface area contributed by atoms with E-state index in [1.807, 2.05) is 23.7 Å². The van der Waals surface area contributed by atoms with Gasteiger partial charge in [-0.25, -0.2) is 4.68 Å². The third-order valence-corrected chi connectivity index (χ3v) is 4.33. The standard InChI is InChI=1S/C19H19N3O/c1-11-7-12(2)18-16(8-11)17-9-13(3)21-22(17)19(20-18)14-5-4-6-15(23)10-14/h4-10,19-20,23H,1-3H3/t19-/m1/s1. The number of hydrogen-bond donors (Lipinski definition) is 2. The van der Waals surface area contributed by atoms with Gasteiger partial charge < -0.3 is 10.4 Å². The molecule has 3 aromatic rings. The van der Waals surface area contributed by atoms with Gasteiger partial charge in [0, 0.05) is 16.8 Å². The van der Waals surface area contributed by atoms with Crippen LogP contribution in [0, 0.1) is 20.8 Å². The zero-order chi connectivity index (χ0) is 16.1. The van der Waals surface area contributed by atoms with E-state index in [1.54, 1.807) is 12.1 Å². The first-order valence-electron chi connectivity index (χ1n) is 7.76. The first-order valence-corrected chi connectivity index (χ1v) is 7.76. The average molecular weight is 305 g/mol. The predicted octanol–water partition coefficient (Wildman–Crippen LogP) is 4.15. The second kappa shape index (κ2) is 4.88. The summed E-state index contributed by atoms with van der Waals surface area (Å²) < 4.78 is 2.01. The Morgan fingerprint density at radius 2 is 1.91 bits per heavy atom. The van der Waals surface area contributed by atoms with Gasteiger partial charge in [0.1, 0.15) is 11.9 Å². The molecule has 0 saturated heterocycles. The summed E-state index contributed by atoms with van der Waals surface area (Å²) in [4.78, 5) is 0. The molecule has 2 aromatic carbocycles. The van der Waals surface area contributed by atoms with Gasteiger partial charge in [-0.2, -0.15) is 5.10 Å². The molecule has 0 amide bonds. The second-order valence-corrected chi connectivity index (χ2v) is 6.26. The smallest absolute Gasteiger partial charge is 0.147 e. The molecular formula is C19H19N3O. The summed E-state index contributed by atoms with van der Waals surface area (Å²) in [6, 6.07) is 13.8. The summed E-state index contributed by atoms with van der Waals surface area (Å²) in [5.74, 6) is 0.265. The number of rotatable bonds is 1. The van der Waals surface area contributed by atoms with E-state index in [4.69, 9.17) is 0 Å². The molecule has 1 aliphatic heterocycles. The number of nitrogens with zero attached hydrogens (tertiary/aromatic N) is 2. The van der Waals surface area contributed by atoms with Gasteiger partial charge in [-0.05, 0) is 50.6 Å². The maximum atomic E-state index is 9.83. The summed E-state index contributed by atoms with van der Waals surface area (Å²) in [5, 5.41) is 18.1. The van der Waals surface area contributed by atoms with Gasteiger partial charge in [0.15, 0.2) is 0 Å². The van der Waals surface area contributed by atoms with Crippen LogP contribution in [0.4, 0.5) is 5.69 Å². The largest absolute Gasteiger partial charge is 0.508 e. The lowest BCUT2D eigenvalue weighted by Crippen LogP contribution is -2.26. The first-order chi connectivity index (χ1) is 11.0. The van der Waals surface area contributed by atoms with Crippen LogP contribution in [0.3, 0.4) is 0 Å². The molecular weight excluding hydrogens is 286 g/mol. The number of aryl methyl sites for hydroxylation is 3. The number of hydrogen-bond acceptors (Lipinski definition) is 3. The van der Waals surface area contributed by atoms with Crippen molar-refractivity contribution in [2.75, 3.05) is 5.32 Å². The van der Waals surface area contributed by atoms with Crippen LogP contribution < -0.4 is 5.32 Å². The van der Waals surface area contributed by atoms with Crippen LogP contribution in [0.1, 0.15) is 28.6 Å². The van der Waals surface area contributed by atoms with Gasteiger partial charge in [0.2, 0.25) is 0 Å². The van der Waals surface area contributed by atoms with Crippen molar-refractivity contribution in [3.63, 3.8) is 0 Å².